The average molecular weight is 437 g/mol. The highest BCUT2D eigenvalue weighted by atomic mass is 19.1. The van der Waals surface area contributed by atoms with Gasteiger partial charge < -0.3 is 19.3 Å². The number of rotatable bonds is 6. The Balaban J connectivity index is 0.000000543. The number of hydrogen-bond acceptors (Lipinski definition) is 8. The second-order valence-corrected chi connectivity index (χ2v) is 5.91. The monoisotopic (exact) mass is 437 g/mol. The standard InChI is InChI=1S/C12H14O4.C9H8O4.CH3F/c1-8(2)16-11-5-4-9(12(14)15-3)6-10(11)7-13;1-13-9(12)6-2-3-8(11)7(4-6)5-10;1-2/h4-8H,1-3H3;2-5,11H,1H3;1H3/i;;1D. The van der Waals surface area contributed by atoms with Gasteiger partial charge in [0.15, 0.2) is 12.6 Å². The molecule has 0 radical (unpaired) electrons. The van der Waals surface area contributed by atoms with E-state index in [2.05, 4.69) is 9.47 Å². The molecule has 8 nitrogen and oxygen atoms in total. The van der Waals surface area contributed by atoms with Gasteiger partial charge in [0, 0.05) is 0 Å². The van der Waals surface area contributed by atoms with E-state index in [4.69, 9.17) is 11.2 Å². The Morgan fingerprint density at radius 3 is 1.84 bits per heavy atom. The minimum atomic E-state index is -1.00. The van der Waals surface area contributed by atoms with Gasteiger partial charge in [0.1, 0.15) is 11.5 Å². The number of hydrogen-bond donors (Lipinski definition) is 1. The first-order chi connectivity index (χ1) is 15.2. The van der Waals surface area contributed by atoms with Crippen LogP contribution in [-0.4, -0.2) is 57.1 Å². The molecule has 0 atom stereocenters. The van der Waals surface area contributed by atoms with Gasteiger partial charge in [-0.25, -0.2) is 9.59 Å². The Bertz CT molecular complexity index is 915. The molecule has 0 aromatic heterocycles. The molecule has 0 aliphatic heterocycles. The average Bonchev–Trinajstić information content (AvgIpc) is 2.79. The lowest BCUT2D eigenvalue weighted by Crippen LogP contribution is -2.09. The molecule has 0 fully saturated rings. The summed E-state index contributed by atoms with van der Waals surface area (Å²) in [6.07, 6.45) is 1.11. The Hall–Kier alpha value is -3.75. The molecule has 31 heavy (non-hydrogen) atoms. The largest absolute Gasteiger partial charge is 0.507 e. The van der Waals surface area contributed by atoms with Crippen molar-refractivity contribution < 1.29 is 44.3 Å². The van der Waals surface area contributed by atoms with E-state index in [1.807, 2.05) is 13.8 Å². The number of esters is 2. The van der Waals surface area contributed by atoms with Crippen LogP contribution in [-0.2, 0) is 9.47 Å². The van der Waals surface area contributed by atoms with Gasteiger partial charge in [-0.1, -0.05) is 0 Å². The first-order valence-corrected chi connectivity index (χ1v) is 8.74. The number of carbonyl (C=O) groups excluding carboxylic acids is 4. The number of phenolic OH excluding ortho intramolecular Hbond substituents is 1. The van der Waals surface area contributed by atoms with Gasteiger partial charge >= 0.3 is 11.9 Å². The Kier molecular flexibility index (Phi) is 11.6. The van der Waals surface area contributed by atoms with Crippen molar-refractivity contribution in [3.8, 4) is 11.5 Å². The molecular formula is C22H25FO8. The molecule has 2 aromatic carbocycles. The maximum absolute atomic E-state index is 11.2. The number of aromatic hydroxyl groups is 1. The van der Waals surface area contributed by atoms with Crippen LogP contribution in [0, 0.1) is 0 Å². The molecule has 0 bridgehead atoms. The normalized spacial score (nSPS) is 9.68. The molecular weight excluding hydrogens is 411 g/mol. The zero-order valence-corrected chi connectivity index (χ0v) is 17.6. The van der Waals surface area contributed by atoms with E-state index in [1.54, 1.807) is 12.1 Å². The quantitative estimate of drug-likeness (QED) is 0.538. The van der Waals surface area contributed by atoms with Gasteiger partial charge in [-0.05, 0) is 50.2 Å². The third-order valence-electron chi connectivity index (χ3n) is 3.50. The number of ether oxygens (including phenoxy) is 3. The van der Waals surface area contributed by atoms with Crippen LogP contribution < -0.4 is 4.74 Å². The van der Waals surface area contributed by atoms with Gasteiger partial charge in [0.05, 0.1) is 51.1 Å². The lowest BCUT2D eigenvalue weighted by Gasteiger charge is -2.12. The molecule has 2 aromatic rings. The van der Waals surface area contributed by atoms with Crippen molar-refractivity contribution in [2.24, 2.45) is 0 Å². The highest BCUT2D eigenvalue weighted by Crippen LogP contribution is 2.20. The lowest BCUT2D eigenvalue weighted by molar-refractivity contribution is 0.0591. The molecule has 0 aliphatic rings. The van der Waals surface area contributed by atoms with Crippen LogP contribution in [0.2, 0.25) is 0 Å². The zero-order valence-electron chi connectivity index (χ0n) is 18.6. The van der Waals surface area contributed by atoms with Crippen molar-refractivity contribution in [3.63, 3.8) is 0 Å². The van der Waals surface area contributed by atoms with Crippen LogP contribution >= 0.6 is 0 Å². The van der Waals surface area contributed by atoms with Crippen molar-refractivity contribution >= 4 is 24.5 Å². The summed E-state index contributed by atoms with van der Waals surface area (Å²) in [5, 5.41) is 9.11. The fourth-order valence-corrected chi connectivity index (χ4v) is 2.14. The van der Waals surface area contributed by atoms with Crippen LogP contribution in [0.3, 0.4) is 0 Å². The topological polar surface area (TPSA) is 116 Å². The van der Waals surface area contributed by atoms with Gasteiger partial charge in [-0.2, -0.15) is 0 Å². The minimum Gasteiger partial charge on any atom is -0.507 e. The molecule has 168 valence electrons. The first kappa shape index (κ1) is 25.3. The molecule has 0 saturated carbocycles. The van der Waals surface area contributed by atoms with E-state index in [1.165, 1.54) is 38.5 Å². The van der Waals surface area contributed by atoms with Crippen LogP contribution in [0.5, 0.6) is 11.5 Å². The second kappa shape index (κ2) is 14.3. The zero-order chi connectivity index (χ0) is 24.7. The van der Waals surface area contributed by atoms with Crippen molar-refractivity contribution in [3.05, 3.63) is 58.7 Å². The second-order valence-electron chi connectivity index (χ2n) is 5.91. The summed E-state index contributed by atoms with van der Waals surface area (Å²) in [7, 11) is 1.54. The van der Waals surface area contributed by atoms with E-state index in [0.29, 0.717) is 29.4 Å². The molecule has 0 aliphatic carbocycles. The van der Waals surface area contributed by atoms with Gasteiger partial charge in [-0.15, -0.1) is 0 Å². The van der Waals surface area contributed by atoms with Gasteiger partial charge in [0.25, 0.3) is 0 Å². The molecule has 0 spiro atoms. The van der Waals surface area contributed by atoms with E-state index in [-0.39, 0.29) is 23.0 Å². The number of carbonyl (C=O) groups is 4. The van der Waals surface area contributed by atoms with Crippen LogP contribution in [0.1, 0.15) is 56.7 Å². The summed E-state index contributed by atoms with van der Waals surface area (Å²) >= 11 is 0. The number of methoxy groups -OCH3 is 2. The van der Waals surface area contributed by atoms with E-state index >= 15 is 0 Å². The highest BCUT2D eigenvalue weighted by Gasteiger charge is 2.11. The maximum atomic E-state index is 11.2. The van der Waals surface area contributed by atoms with E-state index in [9.17, 15) is 23.6 Å². The smallest absolute Gasteiger partial charge is 0.337 e. The van der Waals surface area contributed by atoms with Crippen LogP contribution in [0.15, 0.2) is 36.4 Å². The Morgan fingerprint density at radius 2 is 1.42 bits per heavy atom. The lowest BCUT2D eigenvalue weighted by atomic mass is 10.1. The summed E-state index contributed by atoms with van der Waals surface area (Å²) in [4.78, 5) is 43.4. The highest BCUT2D eigenvalue weighted by molar-refractivity contribution is 5.93. The third kappa shape index (κ3) is 8.65. The van der Waals surface area contributed by atoms with Crippen LogP contribution in [0.4, 0.5) is 4.39 Å². The maximum Gasteiger partial charge on any atom is 0.337 e. The fourth-order valence-electron chi connectivity index (χ4n) is 2.14. The van der Waals surface area contributed by atoms with Crippen LogP contribution in [0.25, 0.3) is 0 Å². The molecule has 0 heterocycles. The number of phenols is 1. The van der Waals surface area contributed by atoms with Crippen molar-refractivity contribution in [1.82, 2.24) is 0 Å². The van der Waals surface area contributed by atoms with Crippen molar-refractivity contribution in [2.75, 3.05) is 21.4 Å². The van der Waals surface area contributed by atoms with Gasteiger partial charge in [0.2, 0.25) is 0 Å². The summed E-state index contributed by atoms with van der Waals surface area (Å²) in [5.74, 6) is -0.692. The van der Waals surface area contributed by atoms with Crippen molar-refractivity contribution in [2.45, 2.75) is 20.0 Å². The van der Waals surface area contributed by atoms with E-state index < -0.39 is 19.1 Å². The summed E-state index contributed by atoms with van der Waals surface area (Å²) in [6, 6.07) is 8.54. The number of halogens is 1. The SMILES string of the molecule is COC(=O)c1ccc(O)c(C=O)c1.COC(=O)c1ccc(OC(C)C)c(C=O)c1.[2H]CF. The number of benzene rings is 2. The summed E-state index contributed by atoms with van der Waals surface area (Å²) in [6.45, 7) is 3.73. The predicted molar refractivity (Wildman–Crippen MR) is 111 cm³/mol. The molecule has 2 rings (SSSR count). The van der Waals surface area contributed by atoms with Crippen molar-refractivity contribution in [1.29, 1.82) is 0 Å². The molecule has 1 N–H and O–H groups in total. The summed E-state index contributed by atoms with van der Waals surface area (Å²) < 4.78 is 29.9. The molecule has 0 saturated heterocycles. The summed E-state index contributed by atoms with van der Waals surface area (Å²) in [5.41, 5.74) is 0.989. The predicted octanol–water partition coefficient (Wildman–Crippen LogP) is 3.65. The minimum absolute atomic E-state index is 0.0253. The fraction of sp³-hybridized carbons (Fsp3) is 0.273. The number of alkyl halides is 1. The number of aldehydes is 2. The Labute approximate surface area is 181 Å². The Morgan fingerprint density at radius 1 is 0.968 bits per heavy atom. The molecule has 0 amide bonds. The first-order valence-electron chi connectivity index (χ1n) is 9.45. The van der Waals surface area contributed by atoms with E-state index in [0.717, 1.165) is 0 Å². The van der Waals surface area contributed by atoms with Gasteiger partial charge in [-0.3, -0.25) is 14.0 Å². The molecule has 0 unspecified atom stereocenters. The third-order valence-corrected chi connectivity index (χ3v) is 3.50. The molecule has 9 heteroatoms.